The number of ether oxygens (including phenoxy) is 1. The minimum Gasteiger partial charge on any atom is -0.381 e. The van der Waals surface area contributed by atoms with E-state index in [-0.39, 0.29) is 0 Å². The zero-order valence-corrected chi connectivity index (χ0v) is 11.1. The molecule has 2 aliphatic rings. The SMILES string of the molecule is CC1CSC(=NCCC2CCOC2)NC1C. The molecule has 0 saturated carbocycles. The number of nitrogens with one attached hydrogen (secondary N) is 1. The maximum atomic E-state index is 5.36. The van der Waals surface area contributed by atoms with Crippen LogP contribution >= 0.6 is 11.8 Å². The van der Waals surface area contributed by atoms with Gasteiger partial charge in [-0.05, 0) is 31.6 Å². The molecule has 92 valence electrons. The Kier molecular flexibility index (Phi) is 4.53. The maximum absolute atomic E-state index is 5.36. The molecule has 0 aromatic rings. The summed E-state index contributed by atoms with van der Waals surface area (Å²) in [5.74, 6) is 2.68. The normalized spacial score (nSPS) is 37.6. The highest BCUT2D eigenvalue weighted by Gasteiger charge is 2.20. The van der Waals surface area contributed by atoms with E-state index in [0.29, 0.717) is 6.04 Å². The minimum atomic E-state index is 0.565. The summed E-state index contributed by atoms with van der Waals surface area (Å²) in [6.07, 6.45) is 2.40. The van der Waals surface area contributed by atoms with Crippen molar-refractivity contribution in [2.45, 2.75) is 32.7 Å². The molecule has 3 nitrogen and oxygen atoms in total. The standard InChI is InChI=1S/C12H22N2OS/c1-9-8-16-12(14-10(9)2)13-5-3-11-4-6-15-7-11/h9-11H,3-8H2,1-2H3,(H,13,14). The summed E-state index contributed by atoms with van der Waals surface area (Å²) in [6.45, 7) is 7.37. The minimum absolute atomic E-state index is 0.565. The van der Waals surface area contributed by atoms with Crippen LogP contribution in [0.2, 0.25) is 0 Å². The average molecular weight is 242 g/mol. The van der Waals surface area contributed by atoms with E-state index < -0.39 is 0 Å². The van der Waals surface area contributed by atoms with Gasteiger partial charge < -0.3 is 10.1 Å². The second kappa shape index (κ2) is 5.92. The predicted molar refractivity (Wildman–Crippen MR) is 70.1 cm³/mol. The third-order valence-electron chi connectivity index (χ3n) is 3.50. The Hall–Kier alpha value is -0.220. The number of aliphatic imine (C=N–C) groups is 1. The highest BCUT2D eigenvalue weighted by atomic mass is 32.2. The second-order valence-electron chi connectivity index (χ2n) is 4.93. The Morgan fingerprint density at radius 1 is 1.50 bits per heavy atom. The number of amidine groups is 1. The van der Waals surface area contributed by atoms with Crippen LogP contribution in [0.3, 0.4) is 0 Å². The summed E-state index contributed by atoms with van der Waals surface area (Å²) in [4.78, 5) is 4.64. The van der Waals surface area contributed by atoms with Crippen LogP contribution in [0.15, 0.2) is 4.99 Å². The van der Waals surface area contributed by atoms with Crippen LogP contribution in [-0.4, -0.2) is 36.7 Å². The van der Waals surface area contributed by atoms with Crippen molar-refractivity contribution >= 4 is 16.9 Å². The Morgan fingerprint density at radius 3 is 3.06 bits per heavy atom. The van der Waals surface area contributed by atoms with E-state index in [9.17, 15) is 0 Å². The maximum Gasteiger partial charge on any atom is 0.156 e. The largest absolute Gasteiger partial charge is 0.381 e. The number of thioether (sulfide) groups is 1. The lowest BCUT2D eigenvalue weighted by atomic mass is 10.1. The van der Waals surface area contributed by atoms with E-state index in [1.54, 1.807) is 0 Å². The molecular weight excluding hydrogens is 220 g/mol. The molecule has 4 heteroatoms. The lowest BCUT2D eigenvalue weighted by Gasteiger charge is -2.28. The van der Waals surface area contributed by atoms with Gasteiger partial charge in [0.15, 0.2) is 5.17 Å². The molecule has 0 spiro atoms. The van der Waals surface area contributed by atoms with Crippen molar-refractivity contribution in [3.8, 4) is 0 Å². The van der Waals surface area contributed by atoms with Crippen molar-refractivity contribution < 1.29 is 4.74 Å². The van der Waals surface area contributed by atoms with Gasteiger partial charge in [-0.1, -0.05) is 18.7 Å². The van der Waals surface area contributed by atoms with Crippen molar-refractivity contribution in [3.63, 3.8) is 0 Å². The summed E-state index contributed by atoms with van der Waals surface area (Å²) in [6, 6.07) is 0.565. The average Bonchev–Trinajstić information content (AvgIpc) is 2.76. The molecule has 2 saturated heterocycles. The predicted octanol–water partition coefficient (Wildman–Crippen LogP) is 2.13. The molecule has 0 aliphatic carbocycles. The third kappa shape index (κ3) is 3.39. The Bertz CT molecular complexity index is 251. The van der Waals surface area contributed by atoms with Crippen molar-refractivity contribution in [1.29, 1.82) is 0 Å². The topological polar surface area (TPSA) is 33.6 Å². The lowest BCUT2D eigenvalue weighted by Crippen LogP contribution is -2.41. The molecule has 2 aliphatic heterocycles. The Labute approximate surface area is 102 Å². The molecule has 0 amide bonds. The van der Waals surface area contributed by atoms with Gasteiger partial charge in [-0.25, -0.2) is 0 Å². The molecule has 3 unspecified atom stereocenters. The van der Waals surface area contributed by atoms with Crippen molar-refractivity contribution in [3.05, 3.63) is 0 Å². The van der Waals surface area contributed by atoms with E-state index in [1.807, 2.05) is 11.8 Å². The smallest absolute Gasteiger partial charge is 0.156 e. The number of hydrogen-bond acceptors (Lipinski definition) is 3. The molecule has 0 aromatic heterocycles. The van der Waals surface area contributed by atoms with Gasteiger partial charge in [0.25, 0.3) is 0 Å². The van der Waals surface area contributed by atoms with Crippen molar-refractivity contribution in [2.75, 3.05) is 25.5 Å². The van der Waals surface area contributed by atoms with Gasteiger partial charge in [-0.2, -0.15) is 0 Å². The van der Waals surface area contributed by atoms with Gasteiger partial charge in [0.1, 0.15) is 0 Å². The fraction of sp³-hybridized carbons (Fsp3) is 0.917. The van der Waals surface area contributed by atoms with Crippen LogP contribution < -0.4 is 5.32 Å². The molecule has 16 heavy (non-hydrogen) atoms. The van der Waals surface area contributed by atoms with Crippen molar-refractivity contribution in [2.24, 2.45) is 16.8 Å². The molecule has 2 fully saturated rings. The first-order valence-electron chi connectivity index (χ1n) is 6.27. The van der Waals surface area contributed by atoms with E-state index in [2.05, 4.69) is 24.2 Å². The van der Waals surface area contributed by atoms with Gasteiger partial charge in [-0.15, -0.1) is 0 Å². The lowest BCUT2D eigenvalue weighted by molar-refractivity contribution is 0.184. The molecule has 2 rings (SSSR count). The zero-order valence-electron chi connectivity index (χ0n) is 10.2. The van der Waals surface area contributed by atoms with Gasteiger partial charge in [0, 0.05) is 31.6 Å². The van der Waals surface area contributed by atoms with E-state index in [1.165, 1.54) is 18.6 Å². The zero-order chi connectivity index (χ0) is 11.4. The summed E-state index contributed by atoms with van der Waals surface area (Å²) in [7, 11) is 0. The molecule has 0 radical (unpaired) electrons. The first-order valence-corrected chi connectivity index (χ1v) is 7.26. The molecule has 3 atom stereocenters. The van der Waals surface area contributed by atoms with Crippen LogP contribution in [0.25, 0.3) is 0 Å². The molecule has 1 N–H and O–H groups in total. The highest BCUT2D eigenvalue weighted by molar-refractivity contribution is 8.13. The van der Waals surface area contributed by atoms with E-state index in [0.717, 1.165) is 36.8 Å². The quantitative estimate of drug-likeness (QED) is 0.823. The van der Waals surface area contributed by atoms with Crippen LogP contribution in [0, 0.1) is 11.8 Å². The van der Waals surface area contributed by atoms with Gasteiger partial charge in [0.05, 0.1) is 0 Å². The molecular formula is C12H22N2OS. The molecule has 0 aromatic carbocycles. The van der Waals surface area contributed by atoms with Gasteiger partial charge >= 0.3 is 0 Å². The molecule has 2 heterocycles. The van der Waals surface area contributed by atoms with Crippen LogP contribution in [0.5, 0.6) is 0 Å². The summed E-state index contributed by atoms with van der Waals surface area (Å²) in [5, 5.41) is 4.62. The number of hydrogen-bond donors (Lipinski definition) is 1. The van der Waals surface area contributed by atoms with Crippen LogP contribution in [-0.2, 0) is 4.74 Å². The van der Waals surface area contributed by atoms with E-state index in [4.69, 9.17) is 4.74 Å². The summed E-state index contributed by atoms with van der Waals surface area (Å²) < 4.78 is 5.36. The Balaban J connectivity index is 1.70. The fourth-order valence-electron chi connectivity index (χ4n) is 1.98. The summed E-state index contributed by atoms with van der Waals surface area (Å²) >= 11 is 1.87. The summed E-state index contributed by atoms with van der Waals surface area (Å²) in [5.41, 5.74) is 0. The van der Waals surface area contributed by atoms with Crippen LogP contribution in [0.4, 0.5) is 0 Å². The third-order valence-corrected chi connectivity index (χ3v) is 4.72. The first kappa shape index (κ1) is 12.2. The number of nitrogens with zero attached hydrogens (tertiary/aromatic N) is 1. The second-order valence-corrected chi connectivity index (χ2v) is 5.94. The van der Waals surface area contributed by atoms with E-state index >= 15 is 0 Å². The fourth-order valence-corrected chi connectivity index (χ4v) is 3.15. The molecule has 0 bridgehead atoms. The van der Waals surface area contributed by atoms with Gasteiger partial charge in [-0.3, -0.25) is 4.99 Å². The number of rotatable bonds is 3. The van der Waals surface area contributed by atoms with Crippen LogP contribution in [0.1, 0.15) is 26.7 Å². The van der Waals surface area contributed by atoms with Gasteiger partial charge in [0.2, 0.25) is 0 Å². The first-order chi connectivity index (χ1) is 7.75. The highest BCUT2D eigenvalue weighted by Crippen LogP contribution is 2.20. The monoisotopic (exact) mass is 242 g/mol. The van der Waals surface area contributed by atoms with Crippen molar-refractivity contribution in [1.82, 2.24) is 5.32 Å². The Morgan fingerprint density at radius 2 is 2.38 bits per heavy atom.